The van der Waals surface area contributed by atoms with Crippen molar-refractivity contribution in [3.05, 3.63) is 59.9 Å². The molecule has 8 heteroatoms. The van der Waals surface area contributed by atoms with E-state index in [2.05, 4.69) is 75.6 Å². The van der Waals surface area contributed by atoms with E-state index in [1.807, 2.05) is 16.8 Å². The Balaban J connectivity index is 1.70. The molecule has 0 N–H and O–H groups in total. The summed E-state index contributed by atoms with van der Waals surface area (Å²) in [5.74, 6) is 2.24. The molecule has 31 heavy (non-hydrogen) atoms. The second-order valence-electron chi connectivity index (χ2n) is 7.92. The van der Waals surface area contributed by atoms with Crippen LogP contribution in [0.5, 0.6) is 11.5 Å². The molecule has 1 aliphatic heterocycles. The van der Waals surface area contributed by atoms with E-state index in [0.717, 1.165) is 43.3 Å². The lowest BCUT2D eigenvalue weighted by Crippen LogP contribution is -2.48. The molecule has 0 saturated carbocycles. The van der Waals surface area contributed by atoms with Crippen LogP contribution in [0.3, 0.4) is 0 Å². The van der Waals surface area contributed by atoms with Crippen LogP contribution in [0.25, 0.3) is 0 Å². The van der Waals surface area contributed by atoms with E-state index < -0.39 is 0 Å². The summed E-state index contributed by atoms with van der Waals surface area (Å²) in [7, 11) is 3.34. The van der Waals surface area contributed by atoms with Crippen molar-refractivity contribution in [2.45, 2.75) is 25.9 Å². The quantitative estimate of drug-likeness (QED) is 0.579. The number of methoxy groups -OCH3 is 2. The Morgan fingerprint density at radius 2 is 1.61 bits per heavy atom. The van der Waals surface area contributed by atoms with Gasteiger partial charge in [-0.3, -0.25) is 4.90 Å². The molecule has 0 amide bonds. The minimum atomic E-state index is -0.139. The molecular weight excluding hydrogens is 392 g/mol. The number of hydrogen-bond acceptors (Lipinski definition) is 7. The summed E-state index contributed by atoms with van der Waals surface area (Å²) in [5.41, 5.74) is 2.26. The highest BCUT2D eigenvalue weighted by Gasteiger charge is 2.34. The molecule has 1 fully saturated rings. The van der Waals surface area contributed by atoms with Gasteiger partial charge in [0.05, 0.1) is 20.3 Å². The van der Waals surface area contributed by atoms with E-state index >= 15 is 0 Å². The summed E-state index contributed by atoms with van der Waals surface area (Å²) in [5, 5.41) is 12.7. The molecule has 0 radical (unpaired) electrons. The maximum Gasteiger partial charge on any atom is 0.173 e. The number of piperazine rings is 1. The number of nitrogens with zero attached hydrogens (tertiary/aromatic N) is 6. The first kappa shape index (κ1) is 21.1. The molecule has 0 spiro atoms. The van der Waals surface area contributed by atoms with Crippen LogP contribution in [0, 0.1) is 0 Å². The molecule has 8 nitrogen and oxygen atoms in total. The molecule has 3 aromatic rings. The predicted octanol–water partition coefficient (Wildman–Crippen LogP) is 3.18. The third kappa shape index (κ3) is 4.20. The maximum atomic E-state index is 5.79. The number of benzene rings is 2. The lowest BCUT2D eigenvalue weighted by Gasteiger charge is -2.40. The number of rotatable bonds is 7. The first-order chi connectivity index (χ1) is 15.1. The Hall–Kier alpha value is -3.13. The van der Waals surface area contributed by atoms with Gasteiger partial charge in [-0.2, -0.15) is 0 Å². The Labute approximate surface area is 183 Å². The Morgan fingerprint density at radius 3 is 2.26 bits per heavy atom. The van der Waals surface area contributed by atoms with E-state index in [1.54, 1.807) is 14.2 Å². The summed E-state index contributed by atoms with van der Waals surface area (Å²) in [4.78, 5) is 4.85. The van der Waals surface area contributed by atoms with Crippen molar-refractivity contribution in [2.75, 3.05) is 45.3 Å². The van der Waals surface area contributed by atoms with Crippen molar-refractivity contribution in [2.24, 2.45) is 0 Å². The predicted molar refractivity (Wildman–Crippen MR) is 120 cm³/mol. The number of hydrogen-bond donors (Lipinski definition) is 0. The zero-order valence-electron chi connectivity index (χ0n) is 18.6. The first-order valence-corrected chi connectivity index (χ1v) is 10.7. The second-order valence-corrected chi connectivity index (χ2v) is 7.92. The van der Waals surface area contributed by atoms with E-state index in [1.165, 1.54) is 5.69 Å². The largest absolute Gasteiger partial charge is 0.493 e. The van der Waals surface area contributed by atoms with Crippen LogP contribution in [0.2, 0.25) is 0 Å². The number of ether oxygens (including phenoxy) is 2. The van der Waals surface area contributed by atoms with E-state index in [9.17, 15) is 0 Å². The third-order valence-corrected chi connectivity index (χ3v) is 5.78. The molecule has 164 valence electrons. The summed E-state index contributed by atoms with van der Waals surface area (Å²) in [6.07, 6.45) is 0. The first-order valence-electron chi connectivity index (χ1n) is 10.7. The van der Waals surface area contributed by atoms with Gasteiger partial charge in [-0.05, 0) is 42.5 Å². The van der Waals surface area contributed by atoms with Gasteiger partial charge in [0.25, 0.3) is 0 Å². The smallest absolute Gasteiger partial charge is 0.173 e. The van der Waals surface area contributed by atoms with E-state index in [-0.39, 0.29) is 12.1 Å². The lowest BCUT2D eigenvalue weighted by atomic mass is 10.0. The molecule has 2 aromatic carbocycles. The van der Waals surface area contributed by atoms with E-state index in [0.29, 0.717) is 5.75 Å². The molecule has 1 atom stereocenters. The fraction of sp³-hybridized carbons (Fsp3) is 0.435. The molecule has 4 rings (SSSR count). The zero-order chi connectivity index (χ0) is 21.8. The normalized spacial score (nSPS) is 15.8. The summed E-state index contributed by atoms with van der Waals surface area (Å²) in [6.45, 7) is 7.79. The van der Waals surface area contributed by atoms with Crippen LogP contribution in [-0.4, -0.2) is 65.5 Å². The number of aromatic nitrogens is 4. The van der Waals surface area contributed by atoms with Crippen LogP contribution in [-0.2, 0) is 0 Å². The van der Waals surface area contributed by atoms with Crippen LogP contribution in [0.4, 0.5) is 5.69 Å². The van der Waals surface area contributed by atoms with Crippen molar-refractivity contribution < 1.29 is 9.47 Å². The summed E-state index contributed by atoms with van der Waals surface area (Å²) >= 11 is 0. The van der Waals surface area contributed by atoms with Crippen molar-refractivity contribution in [3.8, 4) is 11.5 Å². The van der Waals surface area contributed by atoms with Crippen LogP contribution in [0.1, 0.15) is 37.3 Å². The van der Waals surface area contributed by atoms with Gasteiger partial charge >= 0.3 is 0 Å². The van der Waals surface area contributed by atoms with Crippen molar-refractivity contribution >= 4 is 5.69 Å². The van der Waals surface area contributed by atoms with Gasteiger partial charge in [0.2, 0.25) is 0 Å². The molecule has 0 bridgehead atoms. The van der Waals surface area contributed by atoms with Gasteiger partial charge in [-0.1, -0.05) is 30.3 Å². The van der Waals surface area contributed by atoms with Crippen LogP contribution in [0.15, 0.2) is 48.5 Å². The highest BCUT2D eigenvalue weighted by molar-refractivity contribution is 5.50. The zero-order valence-corrected chi connectivity index (χ0v) is 18.6. The number of tetrazole rings is 1. The third-order valence-electron chi connectivity index (χ3n) is 5.78. The summed E-state index contributed by atoms with van der Waals surface area (Å²) < 4.78 is 13.3. The molecule has 0 unspecified atom stereocenters. The van der Waals surface area contributed by atoms with Gasteiger partial charge in [-0.25, -0.2) is 4.68 Å². The van der Waals surface area contributed by atoms with Gasteiger partial charge in [0, 0.05) is 37.4 Å². The van der Waals surface area contributed by atoms with Gasteiger partial charge in [0.15, 0.2) is 17.3 Å². The highest BCUT2D eigenvalue weighted by atomic mass is 16.5. The summed E-state index contributed by atoms with van der Waals surface area (Å²) in [6, 6.07) is 16.5. The number of anilines is 1. The molecule has 0 aliphatic carbocycles. The monoisotopic (exact) mass is 422 g/mol. The van der Waals surface area contributed by atoms with Gasteiger partial charge < -0.3 is 14.4 Å². The minimum absolute atomic E-state index is 0.139. The average Bonchev–Trinajstić information content (AvgIpc) is 3.30. The topological polar surface area (TPSA) is 68.5 Å². The standard InChI is InChI=1S/C23H30N6O2/c1-17(2)29-23(24-25-26-29)21(19-11-8-12-20(30-3)22(19)31-4)28-15-13-27(14-16-28)18-9-6-5-7-10-18/h5-12,17,21H,13-16H2,1-4H3/t21-/m0/s1. The van der Waals surface area contributed by atoms with Gasteiger partial charge in [-0.15, -0.1) is 5.10 Å². The highest BCUT2D eigenvalue weighted by Crippen LogP contribution is 2.40. The molecular formula is C23H30N6O2. The number of para-hydroxylation sites is 2. The minimum Gasteiger partial charge on any atom is -0.493 e. The van der Waals surface area contributed by atoms with E-state index in [4.69, 9.17) is 9.47 Å². The van der Waals surface area contributed by atoms with Crippen LogP contribution >= 0.6 is 0 Å². The Morgan fingerprint density at radius 1 is 0.871 bits per heavy atom. The Bertz CT molecular complexity index is 983. The molecule has 1 saturated heterocycles. The molecule has 1 aromatic heterocycles. The average molecular weight is 423 g/mol. The second kappa shape index (κ2) is 9.34. The Kier molecular flexibility index (Phi) is 6.36. The SMILES string of the molecule is COc1cccc([C@@H](c2nnnn2C(C)C)N2CCN(c3ccccc3)CC2)c1OC. The molecule has 1 aliphatic rings. The molecule has 2 heterocycles. The van der Waals surface area contributed by atoms with Crippen molar-refractivity contribution in [1.82, 2.24) is 25.1 Å². The maximum absolute atomic E-state index is 5.79. The fourth-order valence-corrected chi connectivity index (χ4v) is 4.25. The van der Waals surface area contributed by atoms with Gasteiger partial charge in [0.1, 0.15) is 6.04 Å². The van der Waals surface area contributed by atoms with Crippen molar-refractivity contribution in [1.29, 1.82) is 0 Å². The fourth-order valence-electron chi connectivity index (χ4n) is 4.25. The lowest BCUT2D eigenvalue weighted by molar-refractivity contribution is 0.195. The van der Waals surface area contributed by atoms with Crippen LogP contribution < -0.4 is 14.4 Å². The van der Waals surface area contributed by atoms with Crippen molar-refractivity contribution in [3.63, 3.8) is 0 Å².